The van der Waals surface area contributed by atoms with Gasteiger partial charge in [0.15, 0.2) is 0 Å². The highest BCUT2D eigenvalue weighted by Gasteiger charge is 2.43. The van der Waals surface area contributed by atoms with Crippen molar-refractivity contribution in [3.8, 4) is 0 Å². The van der Waals surface area contributed by atoms with E-state index in [1.165, 1.54) is 31.6 Å². The average Bonchev–Trinajstić information content (AvgIpc) is 2.77. The fraction of sp³-hybridized carbons (Fsp3) is 0.643. The maximum absolute atomic E-state index is 4.62. The first kappa shape index (κ1) is 10.3. The number of aliphatic imine (C=N–C) groups is 1. The third-order valence-corrected chi connectivity index (χ3v) is 4.53. The number of nitrogens with one attached hydrogen (secondary N) is 1. The van der Waals surface area contributed by atoms with Gasteiger partial charge in [0.1, 0.15) is 0 Å². The number of hydrogen-bond donors (Lipinski definition) is 1. The Morgan fingerprint density at radius 3 is 3.31 bits per heavy atom. The van der Waals surface area contributed by atoms with Gasteiger partial charge in [0.2, 0.25) is 0 Å². The Balaban J connectivity index is 1.89. The van der Waals surface area contributed by atoms with E-state index in [4.69, 9.17) is 0 Å². The molecule has 1 N–H and O–H groups in total. The van der Waals surface area contributed by atoms with Crippen LogP contribution in [-0.4, -0.2) is 18.8 Å². The molecule has 2 fully saturated rings. The smallest absolute Gasteiger partial charge is 0.0227 e. The normalized spacial score (nSPS) is 41.1. The van der Waals surface area contributed by atoms with Gasteiger partial charge in [-0.15, -0.1) is 6.58 Å². The zero-order chi connectivity index (χ0) is 11.0. The predicted molar refractivity (Wildman–Crippen MR) is 67.5 cm³/mol. The highest BCUT2D eigenvalue weighted by Crippen LogP contribution is 2.43. The molecular weight excluding hydrogens is 196 g/mol. The maximum atomic E-state index is 4.62. The Bertz CT molecular complexity index is 343. The van der Waals surface area contributed by atoms with Gasteiger partial charge in [-0.25, -0.2) is 0 Å². The van der Waals surface area contributed by atoms with Gasteiger partial charge in [-0.3, -0.25) is 4.99 Å². The molecule has 0 radical (unpaired) electrons. The van der Waals surface area contributed by atoms with Crippen molar-refractivity contribution in [3.63, 3.8) is 0 Å². The lowest BCUT2D eigenvalue weighted by Gasteiger charge is -2.41. The van der Waals surface area contributed by atoms with E-state index < -0.39 is 0 Å². The van der Waals surface area contributed by atoms with E-state index in [1.807, 2.05) is 6.20 Å². The van der Waals surface area contributed by atoms with Crippen molar-refractivity contribution in [2.45, 2.75) is 19.3 Å². The molecule has 1 saturated heterocycles. The summed E-state index contributed by atoms with van der Waals surface area (Å²) in [5.41, 5.74) is 1.46. The van der Waals surface area contributed by atoms with Crippen molar-refractivity contribution in [1.29, 1.82) is 0 Å². The van der Waals surface area contributed by atoms with Gasteiger partial charge in [0, 0.05) is 17.8 Å². The second kappa shape index (κ2) is 4.17. The van der Waals surface area contributed by atoms with Gasteiger partial charge in [0.25, 0.3) is 0 Å². The lowest BCUT2D eigenvalue weighted by Crippen LogP contribution is -2.40. The molecule has 0 amide bonds. The van der Waals surface area contributed by atoms with Crippen LogP contribution in [0.2, 0.25) is 0 Å². The average molecular weight is 216 g/mol. The van der Waals surface area contributed by atoms with Gasteiger partial charge in [-0.1, -0.05) is 12.2 Å². The van der Waals surface area contributed by atoms with Crippen molar-refractivity contribution in [2.75, 3.05) is 13.1 Å². The minimum Gasteiger partial charge on any atom is -0.316 e. The number of hydrogen-bond acceptors (Lipinski definition) is 2. The zero-order valence-electron chi connectivity index (χ0n) is 9.73. The molecule has 0 aromatic heterocycles. The van der Waals surface area contributed by atoms with Crippen molar-refractivity contribution in [1.82, 2.24) is 5.32 Å². The van der Waals surface area contributed by atoms with Gasteiger partial charge < -0.3 is 5.32 Å². The largest absolute Gasteiger partial charge is 0.316 e. The van der Waals surface area contributed by atoms with E-state index in [2.05, 4.69) is 29.0 Å². The summed E-state index contributed by atoms with van der Waals surface area (Å²) in [6.45, 7) is 6.32. The van der Waals surface area contributed by atoms with Crippen LogP contribution >= 0.6 is 0 Å². The molecule has 4 unspecified atom stereocenters. The zero-order valence-corrected chi connectivity index (χ0v) is 9.73. The monoisotopic (exact) mass is 216 g/mol. The molecule has 1 saturated carbocycles. The molecule has 0 aromatic carbocycles. The Morgan fingerprint density at radius 1 is 1.50 bits per heavy atom. The molecule has 3 rings (SSSR count). The fourth-order valence-electron chi connectivity index (χ4n) is 3.79. The van der Waals surface area contributed by atoms with Crippen LogP contribution in [0.5, 0.6) is 0 Å². The quantitative estimate of drug-likeness (QED) is 0.704. The van der Waals surface area contributed by atoms with E-state index in [-0.39, 0.29) is 0 Å². The fourth-order valence-corrected chi connectivity index (χ4v) is 3.79. The number of nitrogens with zero attached hydrogens (tertiary/aromatic N) is 1. The second-order valence-corrected chi connectivity index (χ2v) is 5.32. The number of rotatable bonds is 2. The van der Waals surface area contributed by atoms with E-state index in [0.717, 1.165) is 24.2 Å². The Labute approximate surface area is 97.5 Å². The molecule has 2 aliphatic heterocycles. The molecule has 2 heterocycles. The molecule has 86 valence electrons. The number of allylic oxidation sites excluding steroid dienone is 2. The topological polar surface area (TPSA) is 24.4 Å². The molecule has 4 atom stereocenters. The second-order valence-electron chi connectivity index (χ2n) is 5.32. The molecule has 0 aromatic rings. The van der Waals surface area contributed by atoms with E-state index in [1.54, 1.807) is 0 Å². The van der Waals surface area contributed by atoms with E-state index in [9.17, 15) is 0 Å². The molecule has 2 nitrogen and oxygen atoms in total. The molecule has 0 spiro atoms. The SMILES string of the molecule is C=CCC1C2CC=CN=C2CC2CNCC21. The summed E-state index contributed by atoms with van der Waals surface area (Å²) in [6.07, 6.45) is 9.90. The van der Waals surface area contributed by atoms with Crippen molar-refractivity contribution in [3.05, 3.63) is 24.9 Å². The standard InChI is InChI=1S/C14H20N2/c1-2-4-11-12-5-3-6-16-14(12)7-10-8-15-9-13(10)11/h2-3,6,10-13,15H,1,4-5,7-9H2. The molecule has 2 heteroatoms. The van der Waals surface area contributed by atoms with Crippen LogP contribution in [0, 0.1) is 23.7 Å². The summed E-state index contributed by atoms with van der Waals surface area (Å²) in [7, 11) is 0. The van der Waals surface area contributed by atoms with Gasteiger partial charge >= 0.3 is 0 Å². The first-order valence-electron chi connectivity index (χ1n) is 6.43. The Hall–Kier alpha value is -0.890. The summed E-state index contributed by atoms with van der Waals surface area (Å²) < 4.78 is 0. The summed E-state index contributed by atoms with van der Waals surface area (Å²) in [5, 5.41) is 3.55. The third-order valence-electron chi connectivity index (χ3n) is 4.53. The molecule has 0 bridgehead atoms. The van der Waals surface area contributed by atoms with Crippen molar-refractivity contribution in [2.24, 2.45) is 28.7 Å². The first-order chi connectivity index (χ1) is 7.90. The summed E-state index contributed by atoms with van der Waals surface area (Å²) in [4.78, 5) is 4.62. The van der Waals surface area contributed by atoms with Crippen LogP contribution in [0.25, 0.3) is 0 Å². The maximum Gasteiger partial charge on any atom is 0.0227 e. The van der Waals surface area contributed by atoms with Crippen LogP contribution in [0.1, 0.15) is 19.3 Å². The highest BCUT2D eigenvalue weighted by molar-refractivity contribution is 5.89. The molecule has 1 aliphatic carbocycles. The van der Waals surface area contributed by atoms with Crippen LogP contribution < -0.4 is 5.32 Å². The highest BCUT2D eigenvalue weighted by atomic mass is 14.9. The Morgan fingerprint density at radius 2 is 2.44 bits per heavy atom. The van der Waals surface area contributed by atoms with Crippen molar-refractivity contribution >= 4 is 5.71 Å². The lowest BCUT2D eigenvalue weighted by molar-refractivity contribution is 0.211. The van der Waals surface area contributed by atoms with E-state index >= 15 is 0 Å². The van der Waals surface area contributed by atoms with Crippen LogP contribution in [0.15, 0.2) is 29.9 Å². The van der Waals surface area contributed by atoms with Crippen molar-refractivity contribution < 1.29 is 0 Å². The van der Waals surface area contributed by atoms with Crippen LogP contribution in [0.4, 0.5) is 0 Å². The Kier molecular flexibility index (Phi) is 2.68. The van der Waals surface area contributed by atoms with Crippen LogP contribution in [0.3, 0.4) is 0 Å². The summed E-state index contributed by atoms with van der Waals surface area (Å²) >= 11 is 0. The summed E-state index contributed by atoms with van der Waals surface area (Å²) in [5.74, 6) is 3.15. The van der Waals surface area contributed by atoms with Gasteiger partial charge in [-0.05, 0) is 50.1 Å². The first-order valence-corrected chi connectivity index (χ1v) is 6.43. The van der Waals surface area contributed by atoms with Gasteiger partial charge in [0.05, 0.1) is 0 Å². The molecule has 16 heavy (non-hydrogen) atoms. The van der Waals surface area contributed by atoms with E-state index in [0.29, 0.717) is 5.92 Å². The lowest BCUT2D eigenvalue weighted by atomic mass is 9.64. The minimum atomic E-state index is 0.698. The number of fused-ring (bicyclic) bond motifs is 2. The molecular formula is C14H20N2. The third kappa shape index (κ3) is 1.56. The molecule has 3 aliphatic rings. The predicted octanol–water partition coefficient (Wildman–Crippen LogP) is 2.39. The van der Waals surface area contributed by atoms with Gasteiger partial charge in [-0.2, -0.15) is 0 Å². The minimum absolute atomic E-state index is 0.698. The van der Waals surface area contributed by atoms with Crippen LogP contribution in [-0.2, 0) is 0 Å². The summed E-state index contributed by atoms with van der Waals surface area (Å²) in [6, 6.07) is 0.